The summed E-state index contributed by atoms with van der Waals surface area (Å²) in [5, 5.41) is 0.971. The number of hydrogen-bond acceptors (Lipinski definition) is 6. The molecule has 150 valence electrons. The Balaban J connectivity index is 1.81. The molecule has 3 aromatic rings. The van der Waals surface area contributed by atoms with Crippen molar-refractivity contribution in [2.24, 2.45) is 0 Å². The second-order valence-electron chi connectivity index (χ2n) is 6.18. The second kappa shape index (κ2) is 9.83. The molecule has 2 amide bonds. The molecule has 0 saturated heterocycles. The van der Waals surface area contributed by atoms with E-state index >= 15 is 0 Å². The van der Waals surface area contributed by atoms with Gasteiger partial charge in [-0.1, -0.05) is 36.9 Å². The number of nitrogens with one attached hydrogen (secondary N) is 2. The fraction of sp³-hybridized carbons (Fsp3) is 0.250. The van der Waals surface area contributed by atoms with Crippen molar-refractivity contribution in [1.29, 1.82) is 0 Å². The first-order chi connectivity index (χ1) is 14.1. The lowest BCUT2D eigenvalue weighted by Crippen LogP contribution is -2.42. The van der Waals surface area contributed by atoms with E-state index in [2.05, 4.69) is 20.8 Å². The number of aryl methyl sites for hydroxylation is 1. The van der Waals surface area contributed by atoms with Crippen LogP contribution in [-0.4, -0.2) is 32.1 Å². The first kappa shape index (κ1) is 20.5. The maximum Gasteiger partial charge on any atom is 0.262 e. The number of hydrazine groups is 1. The first-order valence-corrected chi connectivity index (χ1v) is 10.2. The summed E-state index contributed by atoms with van der Waals surface area (Å²) in [6.07, 6.45) is 2.54. The molecule has 9 heteroatoms. The highest BCUT2D eigenvalue weighted by molar-refractivity contribution is 7.99. The molecule has 0 radical (unpaired) electrons. The molecule has 0 aliphatic heterocycles. The zero-order chi connectivity index (χ0) is 20.6. The van der Waals surface area contributed by atoms with Gasteiger partial charge in [0.15, 0.2) is 5.16 Å². The molecule has 0 bridgehead atoms. The van der Waals surface area contributed by atoms with Crippen LogP contribution >= 0.6 is 11.8 Å². The number of carbonyl (C=O) groups is 2. The number of para-hydroxylation sites is 1. The highest BCUT2D eigenvalue weighted by Crippen LogP contribution is 2.18. The van der Waals surface area contributed by atoms with Gasteiger partial charge in [-0.15, -0.1) is 0 Å². The minimum absolute atomic E-state index is 0.0123. The number of rotatable bonds is 7. The summed E-state index contributed by atoms with van der Waals surface area (Å²) in [5.41, 5.74) is 5.95. The van der Waals surface area contributed by atoms with Crippen molar-refractivity contribution in [3.8, 4) is 0 Å². The van der Waals surface area contributed by atoms with E-state index in [1.54, 1.807) is 35.9 Å². The summed E-state index contributed by atoms with van der Waals surface area (Å²) in [7, 11) is 0. The van der Waals surface area contributed by atoms with Crippen molar-refractivity contribution in [1.82, 2.24) is 25.4 Å². The Morgan fingerprint density at radius 3 is 2.59 bits per heavy atom. The second-order valence-corrected chi connectivity index (χ2v) is 7.12. The van der Waals surface area contributed by atoms with Gasteiger partial charge >= 0.3 is 0 Å². The molecule has 3 rings (SSSR count). The van der Waals surface area contributed by atoms with Crippen LogP contribution in [0.2, 0.25) is 0 Å². The SMILES string of the molecule is CCC(=O)NNC(=O)CSc1nc2ccccc2c(=O)n1CCc1ccccn1. The Morgan fingerprint density at radius 2 is 1.83 bits per heavy atom. The molecule has 8 nitrogen and oxygen atoms in total. The predicted octanol–water partition coefficient (Wildman–Crippen LogP) is 1.68. The quantitative estimate of drug-likeness (QED) is 0.348. The summed E-state index contributed by atoms with van der Waals surface area (Å²) >= 11 is 1.15. The van der Waals surface area contributed by atoms with Gasteiger partial charge in [-0.05, 0) is 24.3 Å². The monoisotopic (exact) mass is 411 g/mol. The van der Waals surface area contributed by atoms with E-state index in [-0.39, 0.29) is 29.5 Å². The van der Waals surface area contributed by atoms with Crippen LogP contribution in [0.5, 0.6) is 0 Å². The fourth-order valence-electron chi connectivity index (χ4n) is 2.62. The number of pyridine rings is 1. The molecule has 0 saturated carbocycles. The molecule has 0 aliphatic rings. The Bertz CT molecular complexity index is 1070. The van der Waals surface area contributed by atoms with Crippen LogP contribution in [0.4, 0.5) is 0 Å². The fourth-order valence-corrected chi connectivity index (χ4v) is 3.45. The molecule has 0 atom stereocenters. The van der Waals surface area contributed by atoms with Gasteiger partial charge in [0.1, 0.15) is 0 Å². The number of thioether (sulfide) groups is 1. The van der Waals surface area contributed by atoms with Gasteiger partial charge in [0.2, 0.25) is 11.8 Å². The van der Waals surface area contributed by atoms with E-state index < -0.39 is 0 Å². The third kappa shape index (κ3) is 5.41. The highest BCUT2D eigenvalue weighted by atomic mass is 32.2. The molecule has 29 heavy (non-hydrogen) atoms. The van der Waals surface area contributed by atoms with Crippen LogP contribution in [0.15, 0.2) is 58.6 Å². The van der Waals surface area contributed by atoms with Crippen molar-refractivity contribution in [3.05, 3.63) is 64.7 Å². The van der Waals surface area contributed by atoms with E-state index in [1.807, 2.05) is 24.3 Å². The lowest BCUT2D eigenvalue weighted by molar-refractivity contribution is -0.127. The molecule has 0 spiro atoms. The van der Waals surface area contributed by atoms with Crippen molar-refractivity contribution >= 4 is 34.5 Å². The number of amides is 2. The Hall–Kier alpha value is -3.20. The Labute approximate surface area is 171 Å². The number of nitrogens with zero attached hydrogens (tertiary/aromatic N) is 3. The summed E-state index contributed by atoms with van der Waals surface area (Å²) in [6.45, 7) is 2.08. The molecule has 1 aromatic carbocycles. The molecule has 0 unspecified atom stereocenters. The number of fused-ring (bicyclic) bond motifs is 1. The minimum atomic E-state index is -0.379. The van der Waals surface area contributed by atoms with Crippen molar-refractivity contribution in [2.75, 3.05) is 5.75 Å². The van der Waals surface area contributed by atoms with Gasteiger partial charge in [-0.25, -0.2) is 4.98 Å². The van der Waals surface area contributed by atoms with Gasteiger partial charge < -0.3 is 0 Å². The average molecular weight is 411 g/mol. The van der Waals surface area contributed by atoms with Gasteiger partial charge in [0.05, 0.1) is 16.7 Å². The largest absolute Gasteiger partial charge is 0.287 e. The summed E-state index contributed by atoms with van der Waals surface area (Å²) in [4.78, 5) is 45.1. The van der Waals surface area contributed by atoms with Crippen LogP contribution in [0.3, 0.4) is 0 Å². The lowest BCUT2D eigenvalue weighted by Gasteiger charge is -2.13. The minimum Gasteiger partial charge on any atom is -0.287 e. The van der Waals surface area contributed by atoms with Crippen LogP contribution in [0.25, 0.3) is 10.9 Å². The third-order valence-electron chi connectivity index (χ3n) is 4.14. The summed E-state index contributed by atoms with van der Waals surface area (Å²) < 4.78 is 1.57. The molecular formula is C20H21N5O3S. The van der Waals surface area contributed by atoms with Crippen molar-refractivity contribution in [3.63, 3.8) is 0 Å². The van der Waals surface area contributed by atoms with Crippen LogP contribution in [0.1, 0.15) is 19.0 Å². The number of carbonyl (C=O) groups excluding carboxylic acids is 2. The highest BCUT2D eigenvalue weighted by Gasteiger charge is 2.14. The first-order valence-electron chi connectivity index (χ1n) is 9.18. The van der Waals surface area contributed by atoms with Gasteiger partial charge in [0.25, 0.3) is 5.56 Å². The maximum absolute atomic E-state index is 13.0. The van der Waals surface area contributed by atoms with E-state index in [4.69, 9.17) is 0 Å². The number of aromatic nitrogens is 3. The average Bonchev–Trinajstić information content (AvgIpc) is 2.76. The van der Waals surface area contributed by atoms with Gasteiger partial charge in [0, 0.05) is 31.3 Å². The Morgan fingerprint density at radius 1 is 1.07 bits per heavy atom. The standard InChI is InChI=1S/C20H21N5O3S/c1-2-17(26)23-24-18(27)13-29-20-22-16-9-4-3-8-15(16)19(28)25(20)12-10-14-7-5-6-11-21-14/h3-9,11H,2,10,12-13H2,1H3,(H,23,26)(H,24,27). The predicted molar refractivity (Wildman–Crippen MR) is 111 cm³/mol. The van der Waals surface area contributed by atoms with E-state index in [1.165, 1.54) is 0 Å². The molecule has 2 heterocycles. The maximum atomic E-state index is 13.0. The number of benzene rings is 1. The topological polar surface area (TPSA) is 106 Å². The zero-order valence-corrected chi connectivity index (χ0v) is 16.7. The molecular weight excluding hydrogens is 390 g/mol. The van der Waals surface area contributed by atoms with Crippen LogP contribution in [-0.2, 0) is 22.6 Å². The molecule has 2 aromatic heterocycles. The molecule has 0 fully saturated rings. The Kier molecular flexibility index (Phi) is 6.96. The van der Waals surface area contributed by atoms with Crippen molar-refractivity contribution in [2.45, 2.75) is 31.5 Å². The summed E-state index contributed by atoms with van der Waals surface area (Å²) in [5.74, 6) is -0.645. The van der Waals surface area contributed by atoms with Crippen LogP contribution in [0, 0.1) is 0 Å². The summed E-state index contributed by atoms with van der Waals surface area (Å²) in [6, 6.07) is 12.8. The smallest absolute Gasteiger partial charge is 0.262 e. The molecule has 2 N–H and O–H groups in total. The lowest BCUT2D eigenvalue weighted by atomic mass is 10.2. The van der Waals surface area contributed by atoms with Crippen molar-refractivity contribution < 1.29 is 9.59 Å². The van der Waals surface area contributed by atoms with E-state index in [9.17, 15) is 14.4 Å². The zero-order valence-electron chi connectivity index (χ0n) is 15.9. The third-order valence-corrected chi connectivity index (χ3v) is 5.12. The van der Waals surface area contributed by atoms with Gasteiger partial charge in [-0.3, -0.25) is 34.8 Å². The van der Waals surface area contributed by atoms with Gasteiger partial charge in [-0.2, -0.15) is 0 Å². The van der Waals surface area contributed by atoms with E-state index in [0.29, 0.717) is 29.0 Å². The van der Waals surface area contributed by atoms with Crippen LogP contribution < -0.4 is 16.4 Å². The normalized spacial score (nSPS) is 10.7. The number of hydrogen-bond donors (Lipinski definition) is 2. The molecule has 0 aliphatic carbocycles. The van der Waals surface area contributed by atoms with E-state index in [0.717, 1.165) is 17.5 Å².